The van der Waals surface area contributed by atoms with E-state index in [1.165, 1.54) is 0 Å². The molecule has 0 spiro atoms. The molecule has 2 aliphatic carbocycles. The fourth-order valence-corrected chi connectivity index (χ4v) is 6.68. The molecular weight excluding hydrogens is 542 g/mol. The molecule has 0 radical (unpaired) electrons. The number of aliphatic hydroxyl groups excluding tert-OH is 1. The number of rotatable bonds is 15. The number of H-pyrrole nitrogens is 1. The van der Waals surface area contributed by atoms with Crippen molar-refractivity contribution in [1.29, 1.82) is 0 Å². The topological polar surface area (TPSA) is 120 Å². The van der Waals surface area contributed by atoms with Crippen molar-refractivity contribution < 1.29 is 29.6 Å². The number of carbonyl (C=O) groups excluding carboxylic acids is 2. The first-order chi connectivity index (χ1) is 20.9. The molecule has 3 aromatic rings. The van der Waals surface area contributed by atoms with Crippen LogP contribution in [0.4, 0.5) is 0 Å². The summed E-state index contributed by atoms with van der Waals surface area (Å²) in [6, 6.07) is 14.5. The molecule has 0 aliphatic heterocycles. The number of carbonyl (C=O) groups is 2. The molecule has 7 heteroatoms. The molecule has 2 aromatic carbocycles. The van der Waals surface area contributed by atoms with E-state index in [1.54, 1.807) is 30.3 Å². The molecule has 0 saturated heterocycles. The zero-order valence-electron chi connectivity index (χ0n) is 24.7. The predicted molar refractivity (Wildman–Crippen MR) is 166 cm³/mol. The number of hydrogen-bond donors (Lipinski definition) is 4. The maximum absolute atomic E-state index is 14.0. The van der Waals surface area contributed by atoms with E-state index in [4.69, 9.17) is 4.74 Å². The highest BCUT2D eigenvalue weighted by atomic mass is 16.5. The van der Waals surface area contributed by atoms with Crippen LogP contribution < -0.4 is 4.74 Å². The van der Waals surface area contributed by atoms with E-state index in [2.05, 4.69) is 4.98 Å². The summed E-state index contributed by atoms with van der Waals surface area (Å²) >= 11 is 0. The van der Waals surface area contributed by atoms with Crippen LogP contribution in [-0.2, 0) is 22.4 Å². The lowest BCUT2D eigenvalue weighted by Crippen LogP contribution is -2.34. The van der Waals surface area contributed by atoms with Gasteiger partial charge in [-0.15, -0.1) is 0 Å². The highest BCUT2D eigenvalue weighted by Gasteiger charge is 2.37. The molecule has 2 aliphatic rings. The number of phenols is 2. The lowest BCUT2D eigenvalue weighted by Gasteiger charge is -2.30. The maximum atomic E-state index is 14.0. The van der Waals surface area contributed by atoms with Crippen molar-refractivity contribution in [3.05, 3.63) is 83.2 Å². The average Bonchev–Trinajstić information content (AvgIpc) is 3.70. The summed E-state index contributed by atoms with van der Waals surface area (Å²) in [7, 11) is 0. The van der Waals surface area contributed by atoms with Crippen LogP contribution >= 0.6 is 0 Å². The van der Waals surface area contributed by atoms with Gasteiger partial charge in [0, 0.05) is 30.8 Å². The normalized spacial score (nSPS) is 18.8. The fourth-order valence-electron chi connectivity index (χ4n) is 6.68. The summed E-state index contributed by atoms with van der Waals surface area (Å²) in [6.45, 7) is -0.235. The summed E-state index contributed by atoms with van der Waals surface area (Å²) < 4.78 is 6.02. The highest BCUT2D eigenvalue weighted by Crippen LogP contribution is 2.40. The van der Waals surface area contributed by atoms with Crippen molar-refractivity contribution in [2.24, 2.45) is 11.8 Å². The van der Waals surface area contributed by atoms with Gasteiger partial charge < -0.3 is 25.0 Å². The minimum atomic E-state index is -0.874. The van der Waals surface area contributed by atoms with Gasteiger partial charge in [-0.2, -0.15) is 0 Å². The zero-order valence-corrected chi connectivity index (χ0v) is 24.7. The van der Waals surface area contributed by atoms with Crippen LogP contribution in [0, 0.1) is 11.8 Å². The molecule has 228 valence electrons. The minimum absolute atomic E-state index is 0.0516. The van der Waals surface area contributed by atoms with Crippen LogP contribution in [0.2, 0.25) is 0 Å². The lowest BCUT2D eigenvalue weighted by atomic mass is 9.72. The third-order valence-corrected chi connectivity index (χ3v) is 9.02. The predicted octanol–water partition coefficient (Wildman–Crippen LogP) is 6.66. The molecule has 7 nitrogen and oxygen atoms in total. The number of ketones is 2. The molecule has 4 N–H and O–H groups in total. The van der Waals surface area contributed by atoms with Crippen LogP contribution in [0.3, 0.4) is 0 Å². The van der Waals surface area contributed by atoms with E-state index in [-0.39, 0.29) is 54.5 Å². The zero-order chi connectivity index (χ0) is 30.2. The number of fused-ring (bicyclic) bond motifs is 1. The van der Waals surface area contributed by atoms with E-state index in [0.29, 0.717) is 12.2 Å². The molecule has 43 heavy (non-hydrogen) atoms. The summed E-state index contributed by atoms with van der Waals surface area (Å²) in [4.78, 5) is 30.8. The van der Waals surface area contributed by atoms with Gasteiger partial charge in [-0.25, -0.2) is 0 Å². The van der Waals surface area contributed by atoms with Gasteiger partial charge in [0.25, 0.3) is 0 Å². The number of allylic oxidation sites excluding steroid dienone is 1. The second kappa shape index (κ2) is 14.6. The van der Waals surface area contributed by atoms with Gasteiger partial charge in [0.15, 0.2) is 17.3 Å². The Morgan fingerprint density at radius 2 is 1.79 bits per heavy atom. The van der Waals surface area contributed by atoms with Gasteiger partial charge in [0.1, 0.15) is 11.5 Å². The smallest absolute Gasteiger partial charge is 0.161 e. The number of aromatic hydroxyl groups is 2. The van der Waals surface area contributed by atoms with Gasteiger partial charge in [-0.05, 0) is 117 Å². The summed E-state index contributed by atoms with van der Waals surface area (Å²) in [5, 5.41) is 29.9. The molecule has 0 bridgehead atoms. The van der Waals surface area contributed by atoms with E-state index >= 15 is 0 Å². The molecule has 1 saturated carbocycles. The first kappa shape index (κ1) is 30.6. The molecular formula is C36H43NO6. The Kier molecular flexibility index (Phi) is 10.4. The Morgan fingerprint density at radius 3 is 2.58 bits per heavy atom. The largest absolute Gasteiger partial charge is 0.508 e. The van der Waals surface area contributed by atoms with Gasteiger partial charge in [-0.3, -0.25) is 9.59 Å². The molecule has 1 aromatic heterocycles. The number of aromatic amines is 1. The molecule has 1 heterocycles. The second-order valence-electron chi connectivity index (χ2n) is 12.0. The van der Waals surface area contributed by atoms with Crippen LogP contribution in [0.1, 0.15) is 86.1 Å². The maximum Gasteiger partial charge on any atom is 0.161 e. The van der Waals surface area contributed by atoms with E-state index in [9.17, 15) is 24.9 Å². The number of aromatic nitrogens is 1. The molecule has 3 atom stereocenters. The standard InChI is InChI=1S/C36H43NO6/c38-21-19-31(33(40)16-12-25-13-17-34(41)35(23-25)43-27-9-2-3-10-27)36(42)30-14-15-32-29(18-20-37-32)28(30)11-4-1-6-24-7-5-8-26(39)22-24/h5,7-8,13-15,17-18,20,22-23,27-28,30-31,37-39,41H,1-4,6,9-12,16,19,21H2/t28-,30-,31+/m1/s1. The molecule has 1 fully saturated rings. The number of unbranched alkanes of at least 4 members (excludes halogenated alkanes) is 1. The first-order valence-corrected chi connectivity index (χ1v) is 15.7. The summed E-state index contributed by atoms with van der Waals surface area (Å²) in [5.74, 6) is -0.856. The second-order valence-corrected chi connectivity index (χ2v) is 12.0. The van der Waals surface area contributed by atoms with Gasteiger partial charge in [-0.1, -0.05) is 30.7 Å². The Hall–Kier alpha value is -3.84. The molecule has 0 unspecified atom stereocenters. The fraction of sp³-hybridized carbons (Fsp3) is 0.444. The van der Waals surface area contributed by atoms with E-state index in [1.807, 2.05) is 36.5 Å². The first-order valence-electron chi connectivity index (χ1n) is 15.7. The molecule has 0 amide bonds. The van der Waals surface area contributed by atoms with Crippen molar-refractivity contribution in [1.82, 2.24) is 4.98 Å². The number of aryl methyl sites for hydroxylation is 2. The Balaban J connectivity index is 1.23. The number of benzene rings is 2. The van der Waals surface area contributed by atoms with Crippen molar-refractivity contribution in [2.75, 3.05) is 6.61 Å². The van der Waals surface area contributed by atoms with E-state index in [0.717, 1.165) is 73.8 Å². The van der Waals surface area contributed by atoms with Crippen LogP contribution in [0.25, 0.3) is 6.08 Å². The SMILES string of the molecule is O=C(CCc1ccc(O)c(OC2CCCC2)c1)[C@H](CCO)C(=O)[C@@H]1C=Cc2[nH]ccc2[C@H]1CCCCc1cccc(O)c1. The number of hydrogen-bond acceptors (Lipinski definition) is 6. The third-order valence-electron chi connectivity index (χ3n) is 9.02. The Bertz CT molecular complexity index is 1420. The minimum Gasteiger partial charge on any atom is -0.508 e. The number of nitrogens with one attached hydrogen (secondary N) is 1. The Labute approximate surface area is 253 Å². The van der Waals surface area contributed by atoms with Crippen molar-refractivity contribution in [2.45, 2.75) is 82.7 Å². The number of aliphatic hydroxyl groups is 1. The number of ether oxygens (including phenoxy) is 1. The van der Waals surface area contributed by atoms with Crippen molar-refractivity contribution in [3.63, 3.8) is 0 Å². The number of Topliss-reactive ketones (excluding diaryl/α,β-unsaturated/α-hetero) is 2. The van der Waals surface area contributed by atoms with Gasteiger partial charge in [0.2, 0.25) is 0 Å². The van der Waals surface area contributed by atoms with Gasteiger partial charge >= 0.3 is 0 Å². The van der Waals surface area contributed by atoms with Crippen LogP contribution in [0.5, 0.6) is 17.2 Å². The van der Waals surface area contributed by atoms with Crippen molar-refractivity contribution >= 4 is 17.6 Å². The lowest BCUT2D eigenvalue weighted by molar-refractivity contribution is -0.135. The van der Waals surface area contributed by atoms with Crippen LogP contribution in [0.15, 0.2) is 60.8 Å². The Morgan fingerprint density at radius 1 is 0.977 bits per heavy atom. The monoisotopic (exact) mass is 585 g/mol. The molecule has 5 rings (SSSR count). The van der Waals surface area contributed by atoms with Crippen LogP contribution in [-0.4, -0.2) is 44.6 Å². The van der Waals surface area contributed by atoms with Crippen molar-refractivity contribution in [3.8, 4) is 17.2 Å². The third kappa shape index (κ3) is 7.77. The quantitative estimate of drug-likeness (QED) is 0.117. The average molecular weight is 586 g/mol. The van der Waals surface area contributed by atoms with E-state index < -0.39 is 11.8 Å². The summed E-state index contributed by atoms with van der Waals surface area (Å²) in [6.07, 6.45) is 14.2. The number of phenolic OH excluding ortho intramolecular Hbond substituents is 2. The highest BCUT2D eigenvalue weighted by molar-refractivity contribution is 6.04. The van der Waals surface area contributed by atoms with Gasteiger partial charge in [0.05, 0.1) is 12.0 Å². The summed E-state index contributed by atoms with van der Waals surface area (Å²) in [5.41, 5.74) is 4.04.